The Morgan fingerprint density at radius 2 is 2.04 bits per heavy atom. The van der Waals surface area contributed by atoms with Crippen LogP contribution in [0.4, 0.5) is 5.82 Å². The summed E-state index contributed by atoms with van der Waals surface area (Å²) >= 11 is 3.43. The Kier molecular flexibility index (Phi) is 6.67. The van der Waals surface area contributed by atoms with E-state index in [2.05, 4.69) is 36.0 Å². The SMILES string of the molecule is CCN1CN(CCCCN2CCCNCC2)c2ncc(Br)cc2C1=O. The van der Waals surface area contributed by atoms with Crippen molar-refractivity contribution in [3.8, 4) is 0 Å². The van der Waals surface area contributed by atoms with Gasteiger partial charge in [0.2, 0.25) is 0 Å². The van der Waals surface area contributed by atoms with E-state index in [1.165, 1.54) is 19.4 Å². The minimum Gasteiger partial charge on any atom is -0.338 e. The van der Waals surface area contributed by atoms with Crippen LogP contribution in [0.15, 0.2) is 16.7 Å². The van der Waals surface area contributed by atoms with Crippen molar-refractivity contribution < 1.29 is 4.79 Å². The average molecular weight is 410 g/mol. The van der Waals surface area contributed by atoms with Crippen molar-refractivity contribution in [2.24, 2.45) is 0 Å². The fourth-order valence-corrected chi connectivity index (χ4v) is 3.86. The number of anilines is 1. The molecule has 1 N–H and O–H groups in total. The largest absolute Gasteiger partial charge is 0.338 e. The van der Waals surface area contributed by atoms with Gasteiger partial charge in [0.05, 0.1) is 12.2 Å². The lowest BCUT2D eigenvalue weighted by molar-refractivity contribution is 0.0748. The summed E-state index contributed by atoms with van der Waals surface area (Å²) in [4.78, 5) is 23.7. The van der Waals surface area contributed by atoms with Crippen molar-refractivity contribution in [2.75, 3.05) is 57.4 Å². The second-order valence-corrected chi connectivity index (χ2v) is 7.66. The molecule has 25 heavy (non-hydrogen) atoms. The van der Waals surface area contributed by atoms with Crippen LogP contribution >= 0.6 is 15.9 Å². The molecule has 1 fully saturated rings. The zero-order chi connectivity index (χ0) is 17.6. The molecule has 0 spiro atoms. The first-order valence-corrected chi connectivity index (χ1v) is 10.1. The summed E-state index contributed by atoms with van der Waals surface area (Å²) in [6.07, 6.45) is 5.33. The van der Waals surface area contributed by atoms with Gasteiger partial charge in [-0.1, -0.05) is 0 Å². The Hall–Kier alpha value is -1.18. The molecule has 0 bridgehead atoms. The van der Waals surface area contributed by atoms with Crippen LogP contribution in [0.3, 0.4) is 0 Å². The first-order chi connectivity index (χ1) is 12.2. The molecule has 1 saturated heterocycles. The molecule has 6 nitrogen and oxygen atoms in total. The quantitative estimate of drug-likeness (QED) is 0.729. The number of hydrogen-bond acceptors (Lipinski definition) is 5. The van der Waals surface area contributed by atoms with Crippen LogP contribution in [-0.4, -0.2) is 73.2 Å². The molecule has 2 aliphatic rings. The maximum absolute atomic E-state index is 12.5. The van der Waals surface area contributed by atoms with Gasteiger partial charge in [-0.05, 0) is 67.8 Å². The van der Waals surface area contributed by atoms with Gasteiger partial charge in [-0.3, -0.25) is 4.79 Å². The van der Waals surface area contributed by atoms with Gasteiger partial charge in [0.15, 0.2) is 0 Å². The standard InChI is InChI=1S/C18H28BrN5O/c1-2-23-14-24(17-16(18(23)25)12-15(19)13-21-17)10-4-3-8-22-9-5-6-20-7-11-22/h12-13,20H,2-11,14H2,1H3. The number of pyridine rings is 1. The maximum atomic E-state index is 12.5. The van der Waals surface area contributed by atoms with Crippen molar-refractivity contribution in [2.45, 2.75) is 26.2 Å². The number of nitrogens with zero attached hydrogens (tertiary/aromatic N) is 4. The van der Waals surface area contributed by atoms with Crippen LogP contribution in [0.2, 0.25) is 0 Å². The van der Waals surface area contributed by atoms with Crippen LogP contribution in [0.25, 0.3) is 0 Å². The van der Waals surface area contributed by atoms with Crippen molar-refractivity contribution in [1.82, 2.24) is 20.1 Å². The van der Waals surface area contributed by atoms with Gasteiger partial charge in [-0.15, -0.1) is 0 Å². The number of amides is 1. The molecule has 7 heteroatoms. The molecule has 138 valence electrons. The highest BCUT2D eigenvalue weighted by atomic mass is 79.9. The molecule has 0 unspecified atom stereocenters. The van der Waals surface area contributed by atoms with Gasteiger partial charge in [0.25, 0.3) is 5.91 Å². The molecule has 3 heterocycles. The molecule has 1 aromatic heterocycles. The molecular formula is C18H28BrN5O. The van der Waals surface area contributed by atoms with Gasteiger partial charge in [0.1, 0.15) is 5.82 Å². The van der Waals surface area contributed by atoms with Crippen LogP contribution in [-0.2, 0) is 0 Å². The van der Waals surface area contributed by atoms with E-state index in [9.17, 15) is 4.79 Å². The highest BCUT2D eigenvalue weighted by Gasteiger charge is 2.29. The average Bonchev–Trinajstić information content (AvgIpc) is 2.89. The van der Waals surface area contributed by atoms with Crippen LogP contribution in [0, 0.1) is 0 Å². The van der Waals surface area contributed by atoms with Gasteiger partial charge < -0.3 is 20.0 Å². The van der Waals surface area contributed by atoms with Crippen LogP contribution in [0.1, 0.15) is 36.5 Å². The van der Waals surface area contributed by atoms with E-state index in [0.29, 0.717) is 12.2 Å². The van der Waals surface area contributed by atoms with E-state index < -0.39 is 0 Å². The molecule has 1 amide bonds. The number of aromatic nitrogens is 1. The van der Waals surface area contributed by atoms with Crippen molar-refractivity contribution >= 4 is 27.7 Å². The Balaban J connectivity index is 1.56. The Morgan fingerprint density at radius 1 is 1.20 bits per heavy atom. The van der Waals surface area contributed by atoms with Gasteiger partial charge in [-0.25, -0.2) is 4.98 Å². The van der Waals surface area contributed by atoms with Gasteiger partial charge in [-0.2, -0.15) is 0 Å². The third-order valence-electron chi connectivity index (χ3n) is 4.96. The second-order valence-electron chi connectivity index (χ2n) is 6.74. The first kappa shape index (κ1) is 18.6. The molecule has 1 aromatic rings. The van der Waals surface area contributed by atoms with E-state index in [1.54, 1.807) is 6.20 Å². The minimum absolute atomic E-state index is 0.0830. The summed E-state index contributed by atoms with van der Waals surface area (Å²) in [6.45, 7) is 10.1. The number of rotatable bonds is 6. The van der Waals surface area contributed by atoms with Crippen LogP contribution in [0.5, 0.6) is 0 Å². The summed E-state index contributed by atoms with van der Waals surface area (Å²) in [7, 11) is 0. The van der Waals surface area contributed by atoms with Gasteiger partial charge in [0, 0.05) is 36.8 Å². The van der Waals surface area contributed by atoms with E-state index in [-0.39, 0.29) is 5.91 Å². The van der Waals surface area contributed by atoms with E-state index in [4.69, 9.17) is 0 Å². The van der Waals surface area contributed by atoms with E-state index in [1.807, 2.05) is 17.9 Å². The molecular weight excluding hydrogens is 382 g/mol. The second kappa shape index (κ2) is 8.96. The van der Waals surface area contributed by atoms with Gasteiger partial charge >= 0.3 is 0 Å². The number of carbonyl (C=O) groups excluding carboxylic acids is 1. The van der Waals surface area contributed by atoms with E-state index >= 15 is 0 Å². The summed E-state index contributed by atoms with van der Waals surface area (Å²) in [5.74, 6) is 0.913. The lowest BCUT2D eigenvalue weighted by Crippen LogP contribution is -2.47. The van der Waals surface area contributed by atoms with E-state index in [0.717, 1.165) is 56.0 Å². The number of unbranched alkanes of at least 4 members (excludes halogenated alkanes) is 1. The lowest BCUT2D eigenvalue weighted by atomic mass is 10.1. The predicted molar refractivity (Wildman–Crippen MR) is 104 cm³/mol. The monoisotopic (exact) mass is 409 g/mol. The summed E-state index contributed by atoms with van der Waals surface area (Å²) in [6, 6.07) is 1.89. The predicted octanol–water partition coefficient (Wildman–Crippen LogP) is 2.16. The van der Waals surface area contributed by atoms with Crippen LogP contribution < -0.4 is 10.2 Å². The summed E-state index contributed by atoms with van der Waals surface area (Å²) in [5, 5.41) is 3.45. The summed E-state index contributed by atoms with van der Waals surface area (Å²) < 4.78 is 0.854. The van der Waals surface area contributed by atoms with Crippen molar-refractivity contribution in [3.05, 3.63) is 22.3 Å². The highest BCUT2D eigenvalue weighted by Crippen LogP contribution is 2.27. The number of halogens is 1. The highest BCUT2D eigenvalue weighted by molar-refractivity contribution is 9.10. The molecule has 2 aliphatic heterocycles. The molecule has 0 saturated carbocycles. The molecule has 3 rings (SSSR count). The normalized spacial score (nSPS) is 19.0. The van der Waals surface area contributed by atoms with Crippen molar-refractivity contribution in [3.63, 3.8) is 0 Å². The summed E-state index contributed by atoms with van der Waals surface area (Å²) in [5.41, 5.74) is 0.709. The molecule has 0 atom stereocenters. The zero-order valence-corrected chi connectivity index (χ0v) is 16.6. The Labute approximate surface area is 158 Å². The number of nitrogens with one attached hydrogen (secondary N) is 1. The zero-order valence-electron chi connectivity index (χ0n) is 15.0. The molecule has 0 aliphatic carbocycles. The number of carbonyl (C=O) groups is 1. The van der Waals surface area contributed by atoms with Crippen molar-refractivity contribution in [1.29, 1.82) is 0 Å². The fourth-order valence-electron chi connectivity index (χ4n) is 3.53. The minimum atomic E-state index is 0.0830. The maximum Gasteiger partial charge on any atom is 0.259 e. The Morgan fingerprint density at radius 3 is 2.88 bits per heavy atom. The topological polar surface area (TPSA) is 51.7 Å². The first-order valence-electron chi connectivity index (χ1n) is 9.32. The smallest absolute Gasteiger partial charge is 0.259 e. The number of hydrogen-bond donors (Lipinski definition) is 1. The third-order valence-corrected chi connectivity index (χ3v) is 5.39. The fraction of sp³-hybridized carbons (Fsp3) is 0.667. The lowest BCUT2D eigenvalue weighted by Gasteiger charge is -2.36. The number of fused-ring (bicyclic) bond motifs is 1. The molecule has 0 aromatic carbocycles. The third kappa shape index (κ3) is 4.71. The Bertz CT molecular complexity index is 589. The molecule has 0 radical (unpaired) electrons.